The number of hydrogen-bond donors (Lipinski definition) is 1. The van der Waals surface area contributed by atoms with Crippen molar-refractivity contribution in [1.29, 1.82) is 0 Å². The maximum absolute atomic E-state index is 6.01. The van der Waals surface area contributed by atoms with Crippen LogP contribution >= 0.6 is 0 Å². The Labute approximate surface area is 120 Å². The molecule has 5 heteroatoms. The molecule has 0 bridgehead atoms. The zero-order chi connectivity index (χ0) is 14.5. The van der Waals surface area contributed by atoms with Crippen LogP contribution in [0.25, 0.3) is 0 Å². The molecule has 0 unspecified atom stereocenters. The topological polar surface area (TPSA) is 58.3 Å². The fourth-order valence-electron chi connectivity index (χ4n) is 1.97. The van der Waals surface area contributed by atoms with Crippen LogP contribution in [0.2, 0.25) is 0 Å². The van der Waals surface area contributed by atoms with Crippen molar-refractivity contribution in [2.45, 2.75) is 13.5 Å². The van der Waals surface area contributed by atoms with Gasteiger partial charge in [0, 0.05) is 39.1 Å². The summed E-state index contributed by atoms with van der Waals surface area (Å²) in [7, 11) is 3.87. The first-order valence-corrected chi connectivity index (χ1v) is 6.70. The maximum Gasteiger partial charge on any atom is 0.226 e. The van der Waals surface area contributed by atoms with Gasteiger partial charge >= 0.3 is 0 Å². The summed E-state index contributed by atoms with van der Waals surface area (Å²) in [6, 6.07) is 9.85. The first-order valence-electron chi connectivity index (χ1n) is 6.70. The highest BCUT2D eigenvalue weighted by molar-refractivity contribution is 5.50. The van der Waals surface area contributed by atoms with Crippen LogP contribution in [0.15, 0.2) is 36.5 Å². The number of nitrogens with two attached hydrogens (primary N) is 1. The Morgan fingerprint density at radius 3 is 2.55 bits per heavy atom. The van der Waals surface area contributed by atoms with Gasteiger partial charge in [0.25, 0.3) is 0 Å². The highest BCUT2D eigenvalue weighted by Crippen LogP contribution is 2.19. The molecule has 2 N–H and O–H groups in total. The summed E-state index contributed by atoms with van der Waals surface area (Å²) in [4.78, 5) is 12.9. The normalized spacial score (nSPS) is 10.3. The van der Waals surface area contributed by atoms with Crippen molar-refractivity contribution in [2.24, 2.45) is 0 Å². The number of hydrogen-bond acceptors (Lipinski definition) is 5. The summed E-state index contributed by atoms with van der Waals surface area (Å²) in [5.41, 5.74) is 7.94. The monoisotopic (exact) mass is 271 g/mol. The highest BCUT2D eigenvalue weighted by atomic mass is 15.3. The summed E-state index contributed by atoms with van der Waals surface area (Å²) < 4.78 is 0. The first kappa shape index (κ1) is 14.1. The van der Waals surface area contributed by atoms with Crippen molar-refractivity contribution in [2.75, 3.05) is 36.2 Å². The summed E-state index contributed by atoms with van der Waals surface area (Å²) in [5.74, 6) is 1.62. The Hall–Kier alpha value is -2.30. The number of anilines is 3. The molecule has 20 heavy (non-hydrogen) atoms. The lowest BCUT2D eigenvalue weighted by molar-refractivity contribution is 0.808. The Bertz CT molecular complexity index is 568. The van der Waals surface area contributed by atoms with Gasteiger partial charge in [0.2, 0.25) is 5.95 Å². The second-order valence-electron chi connectivity index (χ2n) is 4.82. The second kappa shape index (κ2) is 6.23. The van der Waals surface area contributed by atoms with Crippen LogP contribution in [0.5, 0.6) is 0 Å². The molecule has 2 rings (SSSR count). The van der Waals surface area contributed by atoms with Crippen molar-refractivity contribution >= 4 is 17.5 Å². The average molecular weight is 271 g/mol. The Morgan fingerprint density at radius 2 is 1.90 bits per heavy atom. The third kappa shape index (κ3) is 3.17. The fraction of sp³-hybridized carbons (Fsp3) is 0.333. The maximum atomic E-state index is 6.01. The predicted octanol–water partition coefficient (Wildman–Crippen LogP) is 2.15. The van der Waals surface area contributed by atoms with Gasteiger partial charge in [-0.15, -0.1) is 0 Å². The van der Waals surface area contributed by atoms with Crippen LogP contribution in [-0.2, 0) is 6.54 Å². The molecule has 0 amide bonds. The van der Waals surface area contributed by atoms with Crippen LogP contribution in [0, 0.1) is 0 Å². The van der Waals surface area contributed by atoms with E-state index in [2.05, 4.69) is 21.8 Å². The van der Waals surface area contributed by atoms with E-state index in [0.29, 0.717) is 5.95 Å². The van der Waals surface area contributed by atoms with E-state index in [9.17, 15) is 0 Å². The molecule has 0 radical (unpaired) electrons. The third-order valence-corrected chi connectivity index (χ3v) is 3.15. The number of nitrogens with zero attached hydrogens (tertiary/aromatic N) is 4. The summed E-state index contributed by atoms with van der Waals surface area (Å²) in [6.07, 6.45) is 1.79. The molecule has 0 saturated carbocycles. The number of rotatable bonds is 5. The van der Waals surface area contributed by atoms with Gasteiger partial charge in [-0.25, -0.2) is 4.98 Å². The van der Waals surface area contributed by atoms with Gasteiger partial charge < -0.3 is 15.5 Å². The van der Waals surface area contributed by atoms with Gasteiger partial charge in [0.1, 0.15) is 5.82 Å². The zero-order valence-electron chi connectivity index (χ0n) is 12.2. The lowest BCUT2D eigenvalue weighted by Gasteiger charge is -2.23. The van der Waals surface area contributed by atoms with Crippen molar-refractivity contribution in [3.05, 3.63) is 42.1 Å². The molecule has 0 aliphatic rings. The standard InChI is InChI=1S/C15H21N5/c1-4-20(11-12-7-5-6-8-13(12)16)14-9-10-17-15(18-14)19(2)3/h5-10H,4,11,16H2,1-3H3. The molecule has 2 aromatic rings. The molecular weight excluding hydrogens is 250 g/mol. The van der Waals surface area contributed by atoms with E-state index in [0.717, 1.165) is 30.2 Å². The molecule has 1 aromatic carbocycles. The summed E-state index contributed by atoms with van der Waals surface area (Å²) in [5, 5.41) is 0. The molecule has 0 aliphatic heterocycles. The van der Waals surface area contributed by atoms with E-state index in [4.69, 9.17) is 5.73 Å². The first-order chi connectivity index (χ1) is 9.61. The number of nitrogen functional groups attached to an aromatic ring is 1. The molecule has 0 atom stereocenters. The van der Waals surface area contributed by atoms with Gasteiger partial charge in [-0.2, -0.15) is 4.98 Å². The van der Waals surface area contributed by atoms with Crippen LogP contribution < -0.4 is 15.5 Å². The number of para-hydroxylation sites is 1. The number of aromatic nitrogens is 2. The van der Waals surface area contributed by atoms with Gasteiger partial charge in [-0.3, -0.25) is 0 Å². The molecule has 5 nitrogen and oxygen atoms in total. The Kier molecular flexibility index (Phi) is 4.40. The smallest absolute Gasteiger partial charge is 0.226 e. The van der Waals surface area contributed by atoms with Gasteiger partial charge in [0.15, 0.2) is 0 Å². The highest BCUT2D eigenvalue weighted by Gasteiger charge is 2.10. The van der Waals surface area contributed by atoms with Crippen molar-refractivity contribution in [1.82, 2.24) is 9.97 Å². The largest absolute Gasteiger partial charge is 0.398 e. The molecule has 106 valence electrons. The molecule has 1 heterocycles. The Morgan fingerprint density at radius 1 is 1.15 bits per heavy atom. The molecule has 1 aromatic heterocycles. The lowest BCUT2D eigenvalue weighted by atomic mass is 10.1. The molecule has 0 fully saturated rings. The van der Waals surface area contributed by atoms with E-state index >= 15 is 0 Å². The second-order valence-corrected chi connectivity index (χ2v) is 4.82. The minimum absolute atomic E-state index is 0.710. The van der Waals surface area contributed by atoms with E-state index in [1.807, 2.05) is 49.3 Å². The van der Waals surface area contributed by atoms with Crippen molar-refractivity contribution in [3.8, 4) is 0 Å². The van der Waals surface area contributed by atoms with Crippen LogP contribution in [0.3, 0.4) is 0 Å². The van der Waals surface area contributed by atoms with Crippen molar-refractivity contribution in [3.63, 3.8) is 0 Å². The fourth-order valence-corrected chi connectivity index (χ4v) is 1.97. The zero-order valence-corrected chi connectivity index (χ0v) is 12.2. The van der Waals surface area contributed by atoms with Gasteiger partial charge in [0.05, 0.1) is 0 Å². The van der Waals surface area contributed by atoms with Gasteiger partial charge in [-0.1, -0.05) is 18.2 Å². The molecule has 0 aliphatic carbocycles. The molecular formula is C15H21N5. The predicted molar refractivity (Wildman–Crippen MR) is 83.9 cm³/mol. The van der Waals surface area contributed by atoms with Crippen LogP contribution in [-0.4, -0.2) is 30.6 Å². The minimum atomic E-state index is 0.710. The molecule has 0 saturated heterocycles. The molecule has 0 spiro atoms. The van der Waals surface area contributed by atoms with Crippen LogP contribution in [0.4, 0.5) is 17.5 Å². The number of benzene rings is 1. The van der Waals surface area contributed by atoms with Gasteiger partial charge in [-0.05, 0) is 24.6 Å². The van der Waals surface area contributed by atoms with Crippen molar-refractivity contribution < 1.29 is 0 Å². The van der Waals surface area contributed by atoms with E-state index in [1.165, 1.54) is 0 Å². The van der Waals surface area contributed by atoms with E-state index in [-0.39, 0.29) is 0 Å². The lowest BCUT2D eigenvalue weighted by Crippen LogP contribution is -2.24. The summed E-state index contributed by atoms with van der Waals surface area (Å²) in [6.45, 7) is 3.71. The average Bonchev–Trinajstić information content (AvgIpc) is 2.46. The quantitative estimate of drug-likeness (QED) is 0.844. The summed E-state index contributed by atoms with van der Waals surface area (Å²) >= 11 is 0. The third-order valence-electron chi connectivity index (χ3n) is 3.15. The van der Waals surface area contributed by atoms with E-state index < -0.39 is 0 Å². The van der Waals surface area contributed by atoms with E-state index in [1.54, 1.807) is 6.20 Å². The Balaban J connectivity index is 2.24. The van der Waals surface area contributed by atoms with Crippen LogP contribution in [0.1, 0.15) is 12.5 Å². The minimum Gasteiger partial charge on any atom is -0.398 e. The SMILES string of the molecule is CCN(Cc1ccccc1N)c1ccnc(N(C)C)n1.